The van der Waals surface area contributed by atoms with E-state index in [1.807, 2.05) is 0 Å². The summed E-state index contributed by atoms with van der Waals surface area (Å²) >= 11 is 0. The van der Waals surface area contributed by atoms with Gasteiger partial charge in [-0.1, -0.05) is 12.8 Å². The minimum atomic E-state index is 0.657. The second kappa shape index (κ2) is 2.08. The molecule has 0 N–H and O–H groups in total. The lowest BCUT2D eigenvalue weighted by Crippen LogP contribution is -2.16. The maximum absolute atomic E-state index is 4.49. The number of nitrogens with zero attached hydrogens (tertiary/aromatic N) is 1. The standard InChI is InChI=1S/C9H15N/c1-8-6-9(7-10-8)4-2-3-5-9/h2-7H2,1H3. The van der Waals surface area contributed by atoms with E-state index in [-0.39, 0.29) is 0 Å². The number of hydrogen-bond donors (Lipinski definition) is 0. The molecule has 0 radical (unpaired) electrons. The fourth-order valence-corrected chi connectivity index (χ4v) is 2.42. The summed E-state index contributed by atoms with van der Waals surface area (Å²) < 4.78 is 0. The third-order valence-corrected chi connectivity index (χ3v) is 2.98. The van der Waals surface area contributed by atoms with Crippen LogP contribution in [-0.4, -0.2) is 12.3 Å². The summed E-state index contributed by atoms with van der Waals surface area (Å²) in [6, 6.07) is 0. The van der Waals surface area contributed by atoms with E-state index in [4.69, 9.17) is 0 Å². The normalized spacial score (nSPS) is 29.5. The summed E-state index contributed by atoms with van der Waals surface area (Å²) in [5.41, 5.74) is 2.05. The summed E-state index contributed by atoms with van der Waals surface area (Å²) in [6.45, 7) is 3.31. The van der Waals surface area contributed by atoms with E-state index in [2.05, 4.69) is 11.9 Å². The smallest absolute Gasteiger partial charge is 0.0448 e. The van der Waals surface area contributed by atoms with Crippen LogP contribution in [0.25, 0.3) is 0 Å². The van der Waals surface area contributed by atoms with Crippen molar-refractivity contribution in [2.24, 2.45) is 10.4 Å². The molecule has 1 fully saturated rings. The quantitative estimate of drug-likeness (QED) is 0.486. The molecule has 1 nitrogen and oxygen atoms in total. The van der Waals surface area contributed by atoms with Crippen molar-refractivity contribution in [2.45, 2.75) is 39.0 Å². The Labute approximate surface area is 62.5 Å². The summed E-state index contributed by atoms with van der Waals surface area (Å²) in [5, 5.41) is 0. The first-order valence-electron chi connectivity index (χ1n) is 4.31. The molecule has 0 atom stereocenters. The maximum atomic E-state index is 4.49. The molecule has 1 spiro atoms. The van der Waals surface area contributed by atoms with E-state index in [1.165, 1.54) is 37.8 Å². The second-order valence-electron chi connectivity index (χ2n) is 3.94. The van der Waals surface area contributed by atoms with Crippen LogP contribution in [-0.2, 0) is 0 Å². The average molecular weight is 137 g/mol. The zero-order chi connectivity index (χ0) is 7.03. The van der Waals surface area contributed by atoms with Gasteiger partial charge in [-0.05, 0) is 31.6 Å². The van der Waals surface area contributed by atoms with Crippen molar-refractivity contribution in [1.82, 2.24) is 0 Å². The molecule has 1 heterocycles. The van der Waals surface area contributed by atoms with Crippen LogP contribution < -0.4 is 0 Å². The van der Waals surface area contributed by atoms with E-state index in [0.717, 1.165) is 6.54 Å². The second-order valence-corrected chi connectivity index (χ2v) is 3.94. The molecule has 1 heteroatoms. The maximum Gasteiger partial charge on any atom is 0.0448 e. The first-order valence-corrected chi connectivity index (χ1v) is 4.31. The van der Waals surface area contributed by atoms with E-state index in [9.17, 15) is 0 Å². The van der Waals surface area contributed by atoms with E-state index < -0.39 is 0 Å². The van der Waals surface area contributed by atoms with E-state index >= 15 is 0 Å². The van der Waals surface area contributed by atoms with Crippen molar-refractivity contribution in [3.8, 4) is 0 Å². The number of hydrogen-bond acceptors (Lipinski definition) is 1. The zero-order valence-electron chi connectivity index (χ0n) is 6.69. The van der Waals surface area contributed by atoms with Gasteiger partial charge in [-0.3, -0.25) is 4.99 Å². The molecule has 0 aromatic rings. The highest BCUT2D eigenvalue weighted by Gasteiger charge is 2.36. The highest BCUT2D eigenvalue weighted by Crippen LogP contribution is 2.44. The summed E-state index contributed by atoms with van der Waals surface area (Å²) in [5.74, 6) is 0. The van der Waals surface area contributed by atoms with Crippen LogP contribution in [0.3, 0.4) is 0 Å². The van der Waals surface area contributed by atoms with Crippen molar-refractivity contribution in [3.05, 3.63) is 0 Å². The lowest BCUT2D eigenvalue weighted by molar-refractivity contribution is 0.344. The van der Waals surface area contributed by atoms with Gasteiger partial charge in [0.05, 0.1) is 0 Å². The van der Waals surface area contributed by atoms with Crippen LogP contribution in [0.15, 0.2) is 4.99 Å². The van der Waals surface area contributed by atoms with Gasteiger partial charge < -0.3 is 0 Å². The monoisotopic (exact) mass is 137 g/mol. The lowest BCUT2D eigenvalue weighted by Gasteiger charge is -2.20. The molecule has 0 aromatic heterocycles. The molecule has 2 aliphatic rings. The van der Waals surface area contributed by atoms with Gasteiger partial charge in [0.15, 0.2) is 0 Å². The van der Waals surface area contributed by atoms with Gasteiger partial charge in [0.25, 0.3) is 0 Å². The molecule has 0 aromatic carbocycles. The molecule has 0 saturated heterocycles. The number of rotatable bonds is 0. The van der Waals surface area contributed by atoms with Crippen LogP contribution in [0.1, 0.15) is 39.0 Å². The molecular formula is C9H15N. The molecular weight excluding hydrogens is 122 g/mol. The largest absolute Gasteiger partial charge is 0.294 e. The van der Waals surface area contributed by atoms with Crippen molar-refractivity contribution in [1.29, 1.82) is 0 Å². The Balaban J connectivity index is 2.07. The summed E-state index contributed by atoms with van der Waals surface area (Å²) in [4.78, 5) is 4.49. The molecule has 0 bridgehead atoms. The van der Waals surface area contributed by atoms with Gasteiger partial charge >= 0.3 is 0 Å². The van der Waals surface area contributed by atoms with Crippen LogP contribution in [0.4, 0.5) is 0 Å². The Morgan fingerprint density at radius 3 is 2.50 bits per heavy atom. The molecule has 0 amide bonds. The Morgan fingerprint density at radius 2 is 2.00 bits per heavy atom. The zero-order valence-corrected chi connectivity index (χ0v) is 6.69. The molecule has 1 aliphatic heterocycles. The van der Waals surface area contributed by atoms with Gasteiger partial charge in [-0.2, -0.15) is 0 Å². The predicted molar refractivity (Wildman–Crippen MR) is 43.5 cm³/mol. The van der Waals surface area contributed by atoms with Crippen molar-refractivity contribution in [2.75, 3.05) is 6.54 Å². The van der Waals surface area contributed by atoms with Crippen molar-refractivity contribution in [3.63, 3.8) is 0 Å². The minimum Gasteiger partial charge on any atom is -0.294 e. The van der Waals surface area contributed by atoms with Gasteiger partial charge in [0.2, 0.25) is 0 Å². The van der Waals surface area contributed by atoms with Gasteiger partial charge in [-0.25, -0.2) is 0 Å². The van der Waals surface area contributed by atoms with Crippen LogP contribution >= 0.6 is 0 Å². The number of aliphatic imine (C=N–C) groups is 1. The highest BCUT2D eigenvalue weighted by atomic mass is 14.8. The molecule has 10 heavy (non-hydrogen) atoms. The average Bonchev–Trinajstić information content (AvgIpc) is 2.46. The van der Waals surface area contributed by atoms with Crippen molar-refractivity contribution < 1.29 is 0 Å². The molecule has 56 valence electrons. The van der Waals surface area contributed by atoms with Crippen LogP contribution in [0.2, 0.25) is 0 Å². The van der Waals surface area contributed by atoms with Crippen molar-refractivity contribution >= 4 is 5.71 Å². The Kier molecular flexibility index (Phi) is 1.33. The Hall–Kier alpha value is -0.330. The lowest BCUT2D eigenvalue weighted by atomic mass is 9.84. The molecule has 1 saturated carbocycles. The van der Waals surface area contributed by atoms with Gasteiger partial charge in [0.1, 0.15) is 0 Å². The topological polar surface area (TPSA) is 12.4 Å². The predicted octanol–water partition coefficient (Wildman–Crippen LogP) is 2.41. The highest BCUT2D eigenvalue weighted by molar-refractivity contribution is 5.84. The van der Waals surface area contributed by atoms with Crippen LogP contribution in [0.5, 0.6) is 0 Å². The molecule has 0 unspecified atom stereocenters. The fourth-order valence-electron chi connectivity index (χ4n) is 2.42. The van der Waals surface area contributed by atoms with Gasteiger partial charge in [-0.15, -0.1) is 0 Å². The summed E-state index contributed by atoms with van der Waals surface area (Å²) in [6.07, 6.45) is 7.07. The molecule has 2 rings (SSSR count). The van der Waals surface area contributed by atoms with E-state index in [1.54, 1.807) is 0 Å². The molecule has 1 aliphatic carbocycles. The first kappa shape index (κ1) is 6.38. The fraction of sp³-hybridized carbons (Fsp3) is 0.889. The summed E-state index contributed by atoms with van der Waals surface area (Å²) in [7, 11) is 0. The minimum absolute atomic E-state index is 0.657. The van der Waals surface area contributed by atoms with Gasteiger partial charge in [0, 0.05) is 12.3 Å². The SMILES string of the molecule is CC1=NCC2(CCCC2)C1. The Morgan fingerprint density at radius 1 is 1.30 bits per heavy atom. The third kappa shape index (κ3) is 0.882. The third-order valence-electron chi connectivity index (χ3n) is 2.98. The first-order chi connectivity index (χ1) is 4.81. The van der Waals surface area contributed by atoms with Crippen LogP contribution in [0, 0.1) is 5.41 Å². The Bertz CT molecular complexity index is 164. The van der Waals surface area contributed by atoms with E-state index in [0.29, 0.717) is 5.41 Å².